The van der Waals surface area contributed by atoms with Gasteiger partial charge in [0.2, 0.25) is 0 Å². The Balaban J connectivity index is 1.09. The number of thiophene rings is 1. The Labute approximate surface area is 248 Å². The van der Waals surface area contributed by atoms with Gasteiger partial charge in [-0.2, -0.15) is 0 Å². The van der Waals surface area contributed by atoms with Crippen molar-refractivity contribution in [1.82, 2.24) is 0 Å². The van der Waals surface area contributed by atoms with Crippen LogP contribution in [0.4, 0.5) is 0 Å². The smallest absolute Gasteiger partial charge is 0.0446 e. The van der Waals surface area contributed by atoms with E-state index < -0.39 is 0 Å². The van der Waals surface area contributed by atoms with Gasteiger partial charge in [-0.15, -0.1) is 11.3 Å². The van der Waals surface area contributed by atoms with E-state index in [-0.39, 0.29) is 0 Å². The molecule has 1 nitrogen and oxygen atoms in total. The lowest BCUT2D eigenvalue weighted by Crippen LogP contribution is -2.03. The van der Waals surface area contributed by atoms with Gasteiger partial charge in [0.25, 0.3) is 0 Å². The molecule has 7 aromatic rings. The van der Waals surface area contributed by atoms with Crippen molar-refractivity contribution in [3.05, 3.63) is 144 Å². The van der Waals surface area contributed by atoms with E-state index in [2.05, 4.69) is 121 Å². The number of nitrogens with one attached hydrogen (secondary N) is 1. The summed E-state index contributed by atoms with van der Waals surface area (Å²) < 4.78 is 2.54. The van der Waals surface area contributed by atoms with Crippen molar-refractivity contribution < 1.29 is 0 Å². The average molecular weight is 554 g/mol. The van der Waals surface area contributed by atoms with E-state index in [1.165, 1.54) is 75.1 Å². The van der Waals surface area contributed by atoms with Gasteiger partial charge in [-0.05, 0) is 85.5 Å². The molecule has 0 aliphatic heterocycles. The molecule has 0 radical (unpaired) electrons. The number of benzene rings is 6. The van der Waals surface area contributed by atoms with Gasteiger partial charge in [0.1, 0.15) is 0 Å². The molecule has 2 aliphatic rings. The summed E-state index contributed by atoms with van der Waals surface area (Å²) in [6.45, 7) is 0. The Morgan fingerprint density at radius 2 is 1.50 bits per heavy atom. The zero-order valence-corrected chi connectivity index (χ0v) is 23.9. The van der Waals surface area contributed by atoms with Gasteiger partial charge in [0, 0.05) is 37.9 Å². The largest absolute Gasteiger partial charge is 0.304 e. The van der Waals surface area contributed by atoms with Crippen molar-refractivity contribution in [2.45, 2.75) is 19.3 Å². The fourth-order valence-electron chi connectivity index (χ4n) is 7.15. The summed E-state index contributed by atoms with van der Waals surface area (Å²) >= 11 is 1.85. The molecule has 0 unspecified atom stereocenters. The van der Waals surface area contributed by atoms with Crippen molar-refractivity contribution in [3.8, 4) is 11.1 Å². The Hall–Kier alpha value is -4.79. The van der Waals surface area contributed by atoms with Gasteiger partial charge in [-0.25, -0.2) is 0 Å². The van der Waals surface area contributed by atoms with Crippen molar-refractivity contribution in [2.75, 3.05) is 0 Å². The normalized spacial score (nSPS) is 14.0. The lowest BCUT2D eigenvalue weighted by Gasteiger charge is -2.09. The minimum absolute atomic E-state index is 0.614. The molecule has 0 atom stereocenters. The molecule has 0 bridgehead atoms. The fraction of sp³-hybridized carbons (Fsp3) is 0.0750. The van der Waals surface area contributed by atoms with Crippen LogP contribution in [0.2, 0.25) is 0 Å². The van der Waals surface area contributed by atoms with Gasteiger partial charge < -0.3 is 5.41 Å². The summed E-state index contributed by atoms with van der Waals surface area (Å²) in [5.41, 5.74) is 11.0. The monoisotopic (exact) mass is 553 g/mol. The van der Waals surface area contributed by atoms with Crippen molar-refractivity contribution in [3.63, 3.8) is 0 Å². The van der Waals surface area contributed by atoms with Gasteiger partial charge in [0.05, 0.1) is 0 Å². The Kier molecular flexibility index (Phi) is 5.18. The summed E-state index contributed by atoms with van der Waals surface area (Å²) in [4.78, 5) is 0. The molecule has 0 fully saturated rings. The highest BCUT2D eigenvalue weighted by molar-refractivity contribution is 7.26. The lowest BCUT2D eigenvalue weighted by molar-refractivity contribution is 1.06. The number of fused-ring (bicyclic) bond motifs is 7. The maximum Gasteiger partial charge on any atom is 0.0446 e. The second kappa shape index (κ2) is 9.11. The van der Waals surface area contributed by atoms with Crippen LogP contribution >= 0.6 is 11.3 Å². The van der Waals surface area contributed by atoms with Crippen molar-refractivity contribution in [2.24, 2.45) is 0 Å². The molecular weight excluding hydrogens is 527 g/mol. The van der Waals surface area contributed by atoms with Crippen LogP contribution in [0.15, 0.2) is 121 Å². The van der Waals surface area contributed by atoms with Crippen LogP contribution in [0, 0.1) is 5.41 Å². The molecule has 0 saturated carbocycles. The molecule has 0 spiro atoms. The van der Waals surface area contributed by atoms with E-state index in [9.17, 15) is 5.41 Å². The SMILES string of the molecule is N=C(Cc1ccc(-c2ccc3ccccc3c2)cc1)c1cccc2c1sc1cc3c4c(cccc4c12)C1=C3C=CCC1. The molecular formula is C40H27NS. The van der Waals surface area contributed by atoms with E-state index in [0.29, 0.717) is 12.1 Å². The summed E-state index contributed by atoms with van der Waals surface area (Å²) in [5.74, 6) is 0. The van der Waals surface area contributed by atoms with Crippen LogP contribution < -0.4 is 0 Å². The molecule has 1 aromatic heterocycles. The molecule has 0 saturated heterocycles. The number of rotatable bonds is 4. The van der Waals surface area contributed by atoms with Crippen LogP contribution in [0.3, 0.4) is 0 Å². The molecule has 42 heavy (non-hydrogen) atoms. The molecule has 6 aromatic carbocycles. The van der Waals surface area contributed by atoms with Crippen LogP contribution in [0.25, 0.3) is 64.0 Å². The molecule has 0 amide bonds. The molecule has 1 N–H and O–H groups in total. The van der Waals surface area contributed by atoms with Crippen LogP contribution in [0.5, 0.6) is 0 Å². The second-order valence-electron chi connectivity index (χ2n) is 11.6. The summed E-state index contributed by atoms with van der Waals surface area (Å²) in [6, 6.07) is 39.7. The first-order chi connectivity index (χ1) is 20.7. The third kappa shape index (κ3) is 3.52. The van der Waals surface area contributed by atoms with Crippen LogP contribution in [-0.4, -0.2) is 5.71 Å². The van der Waals surface area contributed by atoms with Gasteiger partial charge in [0.15, 0.2) is 0 Å². The zero-order valence-electron chi connectivity index (χ0n) is 23.1. The van der Waals surface area contributed by atoms with E-state index in [0.717, 1.165) is 24.0 Å². The van der Waals surface area contributed by atoms with Crippen LogP contribution in [0.1, 0.15) is 35.1 Å². The number of allylic oxidation sites excluding steroid dienone is 4. The first kappa shape index (κ1) is 23.9. The maximum absolute atomic E-state index is 9.19. The van der Waals surface area contributed by atoms with Gasteiger partial charge in [-0.1, -0.05) is 109 Å². The molecule has 2 heteroatoms. The Bertz CT molecular complexity index is 2330. The van der Waals surface area contributed by atoms with Crippen LogP contribution in [-0.2, 0) is 6.42 Å². The molecule has 2 aliphatic carbocycles. The zero-order chi connectivity index (χ0) is 27.8. The predicted octanol–water partition coefficient (Wildman–Crippen LogP) is 11.2. The number of hydrogen-bond acceptors (Lipinski definition) is 2. The quantitative estimate of drug-likeness (QED) is 0.210. The van der Waals surface area contributed by atoms with Crippen molar-refractivity contribution >= 4 is 69.9 Å². The highest BCUT2D eigenvalue weighted by atomic mass is 32.1. The molecule has 1 heterocycles. The highest BCUT2D eigenvalue weighted by Gasteiger charge is 2.26. The van der Waals surface area contributed by atoms with Crippen molar-refractivity contribution in [1.29, 1.82) is 5.41 Å². The summed E-state index contributed by atoms with van der Waals surface area (Å²) in [5, 5.41) is 17.1. The fourth-order valence-corrected chi connectivity index (χ4v) is 8.45. The third-order valence-electron chi connectivity index (χ3n) is 9.15. The Morgan fingerprint density at radius 1 is 0.690 bits per heavy atom. The second-order valence-corrected chi connectivity index (χ2v) is 12.6. The molecule has 9 rings (SSSR count). The first-order valence-corrected chi connectivity index (χ1v) is 15.5. The van der Waals surface area contributed by atoms with E-state index in [4.69, 9.17) is 0 Å². The lowest BCUT2D eigenvalue weighted by atomic mass is 9.95. The molecule has 198 valence electrons. The van der Waals surface area contributed by atoms with E-state index in [1.807, 2.05) is 11.3 Å². The topological polar surface area (TPSA) is 23.9 Å². The predicted molar refractivity (Wildman–Crippen MR) is 182 cm³/mol. The Morgan fingerprint density at radius 3 is 2.40 bits per heavy atom. The third-order valence-corrected chi connectivity index (χ3v) is 10.3. The minimum atomic E-state index is 0.614. The van der Waals surface area contributed by atoms with Gasteiger partial charge in [-0.3, -0.25) is 0 Å². The standard InChI is InChI=1S/C40H27NS/c41-36(21-24-15-17-26(18-16-24)28-20-19-25-7-1-2-8-27(25)22-28)32-12-6-14-34-39-33-13-5-11-31-29-9-3-4-10-30(29)35(38(31)33)23-37(39)42-40(32)34/h1-2,4-8,10-20,22-23,41H,3,9,21H2. The highest BCUT2D eigenvalue weighted by Crippen LogP contribution is 2.51. The minimum Gasteiger partial charge on any atom is -0.304 e. The summed E-state index contributed by atoms with van der Waals surface area (Å²) in [6.07, 6.45) is 7.51. The average Bonchev–Trinajstić information content (AvgIpc) is 3.58. The van der Waals surface area contributed by atoms with E-state index >= 15 is 0 Å². The number of hydrogen-bond donors (Lipinski definition) is 1. The summed E-state index contributed by atoms with van der Waals surface area (Å²) in [7, 11) is 0. The van der Waals surface area contributed by atoms with Gasteiger partial charge >= 0.3 is 0 Å². The maximum atomic E-state index is 9.19. The van der Waals surface area contributed by atoms with E-state index in [1.54, 1.807) is 0 Å². The first-order valence-electron chi connectivity index (χ1n) is 14.7.